The molecule has 1 aliphatic carbocycles. The van der Waals surface area contributed by atoms with E-state index in [9.17, 15) is 14.4 Å². The summed E-state index contributed by atoms with van der Waals surface area (Å²) in [6.45, 7) is 0.494. The molecule has 1 aliphatic heterocycles. The Balaban J connectivity index is 2.02. The lowest BCUT2D eigenvalue weighted by atomic mass is 10.1. The molecule has 2 fully saturated rings. The predicted octanol–water partition coefficient (Wildman–Crippen LogP) is 0.243. The normalized spacial score (nSPS) is 23.0. The molecule has 0 aromatic heterocycles. The number of likely N-dealkylation sites (tertiary alicyclic amines) is 1. The Morgan fingerprint density at radius 3 is 2.35 bits per heavy atom. The van der Waals surface area contributed by atoms with E-state index in [2.05, 4.69) is 0 Å². The van der Waals surface area contributed by atoms with Crippen LogP contribution in [0.2, 0.25) is 0 Å². The number of amides is 3. The molecule has 0 aromatic carbocycles. The molecule has 1 heterocycles. The van der Waals surface area contributed by atoms with Gasteiger partial charge < -0.3 is 20.6 Å². The lowest BCUT2D eigenvalue weighted by Gasteiger charge is -2.31. The summed E-state index contributed by atoms with van der Waals surface area (Å²) >= 11 is 0. The van der Waals surface area contributed by atoms with Crippen LogP contribution in [0.5, 0.6) is 0 Å². The molecule has 3 N–H and O–H groups in total. The fraction of sp³-hybridized carbons (Fsp3) is 0.769. The first-order valence-electron chi connectivity index (χ1n) is 7.05. The maximum Gasteiger partial charge on any atom is 0.323 e. The summed E-state index contributed by atoms with van der Waals surface area (Å²) in [6, 6.07) is -0.269. The van der Waals surface area contributed by atoms with Crippen LogP contribution < -0.4 is 5.73 Å². The minimum atomic E-state index is -1.00. The van der Waals surface area contributed by atoms with Crippen LogP contribution >= 0.6 is 0 Å². The second-order valence-electron chi connectivity index (χ2n) is 5.58. The molecule has 7 nitrogen and oxygen atoms in total. The number of nitrogens with zero attached hydrogens (tertiary/aromatic N) is 2. The number of urea groups is 1. The van der Waals surface area contributed by atoms with Crippen molar-refractivity contribution in [3.63, 3.8) is 0 Å². The highest BCUT2D eigenvalue weighted by molar-refractivity contribution is 5.82. The van der Waals surface area contributed by atoms with Gasteiger partial charge in [0.2, 0.25) is 5.91 Å². The fourth-order valence-electron chi connectivity index (χ4n) is 3.06. The average molecular weight is 283 g/mol. The Morgan fingerprint density at radius 1 is 1.20 bits per heavy atom. The van der Waals surface area contributed by atoms with Crippen LogP contribution in [0, 0.1) is 5.92 Å². The molecule has 1 saturated carbocycles. The van der Waals surface area contributed by atoms with Crippen molar-refractivity contribution in [2.45, 2.75) is 38.1 Å². The van der Waals surface area contributed by atoms with Crippen LogP contribution in [-0.4, -0.2) is 58.5 Å². The van der Waals surface area contributed by atoms with E-state index >= 15 is 0 Å². The molecular formula is C13H21N3O4. The van der Waals surface area contributed by atoms with Crippen molar-refractivity contribution in [3.05, 3.63) is 0 Å². The number of primary amides is 1. The number of hydrogen-bond donors (Lipinski definition) is 2. The van der Waals surface area contributed by atoms with Crippen LogP contribution in [0.4, 0.5) is 4.79 Å². The standard InChI is InChI=1S/C13H21N3O4/c14-12(19)9-5-6-15(7-9)13(20)16(8-11(17)18)10-3-1-2-4-10/h9-10H,1-8H2,(H2,14,19)(H,17,18). The number of carboxylic acids is 1. The molecule has 0 spiro atoms. The summed E-state index contributed by atoms with van der Waals surface area (Å²) in [5.74, 6) is -1.71. The van der Waals surface area contributed by atoms with Crippen LogP contribution in [0.15, 0.2) is 0 Å². The second-order valence-corrected chi connectivity index (χ2v) is 5.58. The molecule has 2 aliphatic rings. The van der Waals surface area contributed by atoms with Gasteiger partial charge in [-0.1, -0.05) is 12.8 Å². The Hall–Kier alpha value is -1.79. The van der Waals surface area contributed by atoms with Gasteiger partial charge in [0, 0.05) is 19.1 Å². The van der Waals surface area contributed by atoms with E-state index in [0.29, 0.717) is 19.5 Å². The highest BCUT2D eigenvalue weighted by Gasteiger charge is 2.36. The highest BCUT2D eigenvalue weighted by atomic mass is 16.4. The number of carbonyl (C=O) groups excluding carboxylic acids is 2. The van der Waals surface area contributed by atoms with Gasteiger partial charge in [-0.15, -0.1) is 0 Å². The molecular weight excluding hydrogens is 262 g/mol. The van der Waals surface area contributed by atoms with Gasteiger partial charge in [-0.25, -0.2) is 4.79 Å². The molecule has 3 amide bonds. The zero-order valence-corrected chi connectivity index (χ0v) is 11.5. The van der Waals surface area contributed by atoms with E-state index in [0.717, 1.165) is 25.7 Å². The molecule has 20 heavy (non-hydrogen) atoms. The van der Waals surface area contributed by atoms with Crippen LogP contribution in [0.1, 0.15) is 32.1 Å². The summed E-state index contributed by atoms with van der Waals surface area (Å²) in [4.78, 5) is 37.6. The Kier molecular flexibility index (Phi) is 4.46. The first kappa shape index (κ1) is 14.6. The largest absolute Gasteiger partial charge is 0.480 e. The summed E-state index contributed by atoms with van der Waals surface area (Å²) in [5, 5.41) is 8.99. The van der Waals surface area contributed by atoms with Gasteiger partial charge in [0.15, 0.2) is 0 Å². The molecule has 1 unspecified atom stereocenters. The van der Waals surface area contributed by atoms with Crippen molar-refractivity contribution in [3.8, 4) is 0 Å². The van der Waals surface area contributed by atoms with E-state index in [1.165, 1.54) is 4.90 Å². The van der Waals surface area contributed by atoms with Crippen molar-refractivity contribution >= 4 is 17.9 Å². The molecule has 1 atom stereocenters. The fourth-order valence-corrected chi connectivity index (χ4v) is 3.06. The average Bonchev–Trinajstić information content (AvgIpc) is 3.05. The number of aliphatic carboxylic acids is 1. The third-order valence-electron chi connectivity index (χ3n) is 4.18. The Bertz CT molecular complexity index is 406. The summed E-state index contributed by atoms with van der Waals surface area (Å²) in [5.41, 5.74) is 5.25. The molecule has 0 radical (unpaired) electrons. The minimum absolute atomic E-state index is 0.00577. The smallest absolute Gasteiger partial charge is 0.323 e. The molecule has 7 heteroatoms. The maximum atomic E-state index is 12.5. The molecule has 0 aromatic rings. The SMILES string of the molecule is NC(=O)C1CCN(C(=O)N(CC(=O)O)C2CCCC2)C1. The Morgan fingerprint density at radius 2 is 1.85 bits per heavy atom. The maximum absolute atomic E-state index is 12.5. The Labute approximate surface area is 117 Å². The third kappa shape index (κ3) is 3.20. The third-order valence-corrected chi connectivity index (χ3v) is 4.18. The predicted molar refractivity (Wildman–Crippen MR) is 70.9 cm³/mol. The summed E-state index contributed by atoms with van der Waals surface area (Å²) in [7, 11) is 0. The first-order valence-corrected chi connectivity index (χ1v) is 7.05. The lowest BCUT2D eigenvalue weighted by Crippen LogP contribution is -2.49. The van der Waals surface area contributed by atoms with E-state index in [1.54, 1.807) is 4.90 Å². The van der Waals surface area contributed by atoms with Gasteiger partial charge in [0.1, 0.15) is 6.54 Å². The monoisotopic (exact) mass is 283 g/mol. The first-order chi connectivity index (χ1) is 9.49. The summed E-state index contributed by atoms with van der Waals surface area (Å²) in [6.07, 6.45) is 4.32. The van der Waals surface area contributed by atoms with E-state index in [-0.39, 0.29) is 24.5 Å². The van der Waals surface area contributed by atoms with E-state index in [4.69, 9.17) is 10.8 Å². The second kappa shape index (κ2) is 6.11. The van der Waals surface area contributed by atoms with Gasteiger partial charge in [-0.2, -0.15) is 0 Å². The molecule has 2 rings (SSSR count). The van der Waals surface area contributed by atoms with E-state index < -0.39 is 11.9 Å². The van der Waals surface area contributed by atoms with Gasteiger partial charge in [0.05, 0.1) is 5.92 Å². The number of rotatable bonds is 4. The quantitative estimate of drug-likeness (QED) is 0.771. The van der Waals surface area contributed by atoms with Crippen molar-refractivity contribution < 1.29 is 19.5 Å². The van der Waals surface area contributed by atoms with Crippen molar-refractivity contribution in [1.82, 2.24) is 9.80 Å². The summed E-state index contributed by atoms with van der Waals surface area (Å²) < 4.78 is 0. The van der Waals surface area contributed by atoms with Crippen LogP contribution in [-0.2, 0) is 9.59 Å². The van der Waals surface area contributed by atoms with Crippen molar-refractivity contribution in [2.24, 2.45) is 11.7 Å². The zero-order chi connectivity index (χ0) is 14.7. The van der Waals surface area contributed by atoms with Gasteiger partial charge in [0.25, 0.3) is 0 Å². The van der Waals surface area contributed by atoms with E-state index in [1.807, 2.05) is 0 Å². The molecule has 1 saturated heterocycles. The molecule has 0 bridgehead atoms. The topological polar surface area (TPSA) is 104 Å². The van der Waals surface area contributed by atoms with Gasteiger partial charge >= 0.3 is 12.0 Å². The van der Waals surface area contributed by atoms with Crippen molar-refractivity contribution in [2.75, 3.05) is 19.6 Å². The molecule has 112 valence electrons. The van der Waals surface area contributed by atoms with Crippen LogP contribution in [0.25, 0.3) is 0 Å². The van der Waals surface area contributed by atoms with Crippen molar-refractivity contribution in [1.29, 1.82) is 0 Å². The lowest BCUT2D eigenvalue weighted by molar-refractivity contribution is -0.138. The number of carbonyl (C=O) groups is 3. The van der Waals surface area contributed by atoms with Gasteiger partial charge in [-0.3, -0.25) is 9.59 Å². The number of nitrogens with two attached hydrogens (primary N) is 1. The minimum Gasteiger partial charge on any atom is -0.480 e. The highest BCUT2D eigenvalue weighted by Crippen LogP contribution is 2.26. The number of hydrogen-bond acceptors (Lipinski definition) is 3. The van der Waals surface area contributed by atoms with Gasteiger partial charge in [-0.05, 0) is 19.3 Å². The zero-order valence-electron chi connectivity index (χ0n) is 11.5. The van der Waals surface area contributed by atoms with Crippen LogP contribution in [0.3, 0.4) is 0 Å². The number of carboxylic acid groups (broad SMARTS) is 1.